The number of methoxy groups -OCH3 is 1. The summed E-state index contributed by atoms with van der Waals surface area (Å²) in [4.78, 5) is 23.7. The molecule has 22 heavy (non-hydrogen) atoms. The van der Waals surface area contributed by atoms with Crippen molar-refractivity contribution in [2.24, 2.45) is 0 Å². The lowest BCUT2D eigenvalue weighted by molar-refractivity contribution is 0.415. The van der Waals surface area contributed by atoms with E-state index in [1.54, 1.807) is 30.3 Å². The fraction of sp³-hybridized carbons (Fsp3) is 0.0588. The highest BCUT2D eigenvalue weighted by molar-refractivity contribution is 6.32. The molecule has 3 rings (SSSR count). The van der Waals surface area contributed by atoms with Gasteiger partial charge in [0.15, 0.2) is 0 Å². The van der Waals surface area contributed by atoms with Gasteiger partial charge in [0.2, 0.25) is 5.43 Å². The predicted octanol–water partition coefficient (Wildman–Crippen LogP) is 3.36. The number of halogens is 1. The van der Waals surface area contributed by atoms with Gasteiger partial charge in [-0.1, -0.05) is 41.9 Å². The molecule has 0 radical (unpaired) electrons. The molecule has 0 saturated heterocycles. The Hall–Kier alpha value is -2.59. The number of ether oxygens (including phenoxy) is 1. The molecule has 0 unspecified atom stereocenters. The van der Waals surface area contributed by atoms with Crippen molar-refractivity contribution in [2.75, 3.05) is 12.4 Å². The molecule has 0 saturated carbocycles. The Labute approximate surface area is 131 Å². The molecule has 0 spiro atoms. The number of hydrogen-bond acceptors (Lipinski definition) is 4. The van der Waals surface area contributed by atoms with E-state index in [9.17, 15) is 9.59 Å². The number of hydrogen-bond donors (Lipinski definition) is 1. The summed E-state index contributed by atoms with van der Waals surface area (Å²) in [5.41, 5.74) is 1.03. The molecule has 0 bridgehead atoms. The van der Waals surface area contributed by atoms with Gasteiger partial charge in [-0.3, -0.25) is 9.59 Å². The van der Waals surface area contributed by atoms with Crippen LogP contribution in [-0.4, -0.2) is 7.11 Å². The SMILES string of the molecule is COc1ccc(Nc2c(-c3ccccc3)c(=O)c2=O)cc1Cl. The zero-order valence-corrected chi connectivity index (χ0v) is 12.5. The van der Waals surface area contributed by atoms with Crippen LogP contribution >= 0.6 is 11.6 Å². The molecule has 0 heterocycles. The summed E-state index contributed by atoms with van der Waals surface area (Å²) in [6.07, 6.45) is 0. The first-order valence-electron chi connectivity index (χ1n) is 6.61. The standard InChI is InChI=1S/C17H12ClNO3/c1-22-13-8-7-11(9-12(13)18)19-15-14(16(20)17(15)21)10-5-3-2-4-6-10/h2-9,19H,1H3. The third-order valence-electron chi connectivity index (χ3n) is 3.39. The molecule has 0 fully saturated rings. The first-order valence-corrected chi connectivity index (χ1v) is 6.99. The molecular weight excluding hydrogens is 302 g/mol. The van der Waals surface area contributed by atoms with E-state index in [2.05, 4.69) is 5.32 Å². The fourth-order valence-electron chi connectivity index (χ4n) is 2.28. The van der Waals surface area contributed by atoms with Crippen LogP contribution in [0.4, 0.5) is 11.4 Å². The molecule has 0 amide bonds. The van der Waals surface area contributed by atoms with E-state index in [0.29, 0.717) is 27.6 Å². The molecule has 0 aliphatic carbocycles. The second-order valence-electron chi connectivity index (χ2n) is 4.75. The van der Waals surface area contributed by atoms with Gasteiger partial charge in [-0.15, -0.1) is 0 Å². The smallest absolute Gasteiger partial charge is 0.250 e. The van der Waals surface area contributed by atoms with Gasteiger partial charge in [-0.2, -0.15) is 0 Å². The van der Waals surface area contributed by atoms with E-state index < -0.39 is 10.9 Å². The van der Waals surface area contributed by atoms with Crippen molar-refractivity contribution in [2.45, 2.75) is 0 Å². The zero-order valence-electron chi connectivity index (χ0n) is 11.7. The van der Waals surface area contributed by atoms with Crippen molar-refractivity contribution in [1.29, 1.82) is 0 Å². The van der Waals surface area contributed by atoms with Crippen molar-refractivity contribution >= 4 is 23.0 Å². The number of benzene rings is 2. The summed E-state index contributed by atoms with van der Waals surface area (Å²) in [6, 6.07) is 14.2. The minimum absolute atomic E-state index is 0.289. The Kier molecular flexibility index (Phi) is 3.69. The van der Waals surface area contributed by atoms with E-state index in [1.807, 2.05) is 18.2 Å². The first-order chi connectivity index (χ1) is 10.6. The summed E-state index contributed by atoms with van der Waals surface area (Å²) in [5.74, 6) is 0.542. The highest BCUT2D eigenvalue weighted by Crippen LogP contribution is 2.31. The van der Waals surface area contributed by atoms with Gasteiger partial charge < -0.3 is 10.1 Å². The quantitative estimate of drug-likeness (QED) is 0.750. The monoisotopic (exact) mass is 313 g/mol. The van der Waals surface area contributed by atoms with E-state index in [-0.39, 0.29) is 5.69 Å². The van der Waals surface area contributed by atoms with Crippen molar-refractivity contribution < 1.29 is 4.74 Å². The second-order valence-corrected chi connectivity index (χ2v) is 5.16. The maximum atomic E-state index is 11.8. The second kappa shape index (κ2) is 5.66. The third kappa shape index (κ3) is 2.38. The molecule has 0 aromatic heterocycles. The molecule has 0 atom stereocenters. The normalized spacial score (nSPS) is 10.6. The Balaban J connectivity index is 1.98. The lowest BCUT2D eigenvalue weighted by atomic mass is 9.98. The maximum Gasteiger partial charge on any atom is 0.250 e. The van der Waals surface area contributed by atoms with Crippen molar-refractivity contribution in [3.63, 3.8) is 0 Å². The Morgan fingerprint density at radius 2 is 1.73 bits per heavy atom. The average Bonchev–Trinajstić information content (AvgIpc) is 2.55. The Morgan fingerprint density at radius 1 is 1.00 bits per heavy atom. The molecule has 0 aliphatic heterocycles. The van der Waals surface area contributed by atoms with Gasteiger partial charge in [0.1, 0.15) is 11.4 Å². The third-order valence-corrected chi connectivity index (χ3v) is 3.69. The molecule has 0 aliphatic rings. The highest BCUT2D eigenvalue weighted by atomic mass is 35.5. The van der Waals surface area contributed by atoms with Crippen LogP contribution in [-0.2, 0) is 0 Å². The van der Waals surface area contributed by atoms with Gasteiger partial charge in [0.25, 0.3) is 5.43 Å². The largest absolute Gasteiger partial charge is 0.495 e. The van der Waals surface area contributed by atoms with Crippen LogP contribution in [0.25, 0.3) is 11.1 Å². The average molecular weight is 314 g/mol. The Morgan fingerprint density at radius 3 is 2.36 bits per heavy atom. The fourth-order valence-corrected chi connectivity index (χ4v) is 2.54. The lowest BCUT2D eigenvalue weighted by Crippen LogP contribution is -2.35. The molecule has 4 nitrogen and oxygen atoms in total. The van der Waals surface area contributed by atoms with E-state index in [1.165, 1.54) is 7.11 Å². The van der Waals surface area contributed by atoms with Gasteiger partial charge in [-0.05, 0) is 23.8 Å². The minimum atomic E-state index is -0.522. The molecule has 1 N–H and O–H groups in total. The molecule has 5 heteroatoms. The van der Waals surface area contributed by atoms with Crippen LogP contribution in [0.3, 0.4) is 0 Å². The summed E-state index contributed by atoms with van der Waals surface area (Å²) in [6.45, 7) is 0. The van der Waals surface area contributed by atoms with Crippen LogP contribution in [0.5, 0.6) is 5.75 Å². The van der Waals surface area contributed by atoms with Crippen LogP contribution in [0.1, 0.15) is 0 Å². The van der Waals surface area contributed by atoms with Crippen LogP contribution in [0.15, 0.2) is 58.1 Å². The van der Waals surface area contributed by atoms with E-state index in [0.717, 1.165) is 0 Å². The van der Waals surface area contributed by atoms with Crippen LogP contribution in [0.2, 0.25) is 5.02 Å². The van der Waals surface area contributed by atoms with Gasteiger partial charge in [0, 0.05) is 5.69 Å². The number of nitrogens with one attached hydrogen (secondary N) is 1. The summed E-state index contributed by atoms with van der Waals surface area (Å²) < 4.78 is 5.08. The summed E-state index contributed by atoms with van der Waals surface area (Å²) >= 11 is 6.06. The summed E-state index contributed by atoms with van der Waals surface area (Å²) in [7, 11) is 1.53. The molecule has 110 valence electrons. The minimum Gasteiger partial charge on any atom is -0.495 e. The van der Waals surface area contributed by atoms with Crippen molar-refractivity contribution in [1.82, 2.24) is 0 Å². The van der Waals surface area contributed by atoms with Gasteiger partial charge in [0.05, 0.1) is 17.7 Å². The number of anilines is 2. The van der Waals surface area contributed by atoms with Gasteiger partial charge in [-0.25, -0.2) is 0 Å². The molecular formula is C17H12ClNO3. The van der Waals surface area contributed by atoms with Crippen molar-refractivity contribution in [3.8, 4) is 16.9 Å². The van der Waals surface area contributed by atoms with Crippen molar-refractivity contribution in [3.05, 3.63) is 74.0 Å². The van der Waals surface area contributed by atoms with E-state index >= 15 is 0 Å². The molecule has 3 aromatic rings. The Bertz CT molecular complexity index is 896. The van der Waals surface area contributed by atoms with Crippen LogP contribution < -0.4 is 20.9 Å². The lowest BCUT2D eigenvalue weighted by Gasteiger charge is -2.14. The highest BCUT2D eigenvalue weighted by Gasteiger charge is 2.22. The zero-order chi connectivity index (χ0) is 15.7. The predicted molar refractivity (Wildman–Crippen MR) is 88.1 cm³/mol. The maximum absolute atomic E-state index is 11.8. The summed E-state index contributed by atoms with van der Waals surface area (Å²) in [5, 5.41) is 3.39. The van der Waals surface area contributed by atoms with Crippen LogP contribution in [0, 0.1) is 0 Å². The topological polar surface area (TPSA) is 55.4 Å². The van der Waals surface area contributed by atoms with Gasteiger partial charge >= 0.3 is 0 Å². The first kappa shape index (κ1) is 14.4. The van der Waals surface area contributed by atoms with E-state index in [4.69, 9.17) is 16.3 Å². The molecule has 3 aromatic carbocycles. The number of rotatable bonds is 4.